The minimum absolute atomic E-state index is 0.637. The molecule has 0 saturated carbocycles. The van der Waals surface area contributed by atoms with Gasteiger partial charge in [-0.15, -0.1) is 0 Å². The molecule has 1 aliphatic heterocycles. The standard InChI is InChI=1S/C9H12N2/c1-7(2)4-9-8(3)5-10-6-11-9/h4-5,11H,1,3,6H2,2H3/b9-4+. The monoisotopic (exact) mass is 148 g/mol. The van der Waals surface area contributed by atoms with E-state index in [-0.39, 0.29) is 0 Å². The Morgan fingerprint density at radius 1 is 1.82 bits per heavy atom. The summed E-state index contributed by atoms with van der Waals surface area (Å²) < 4.78 is 0. The van der Waals surface area contributed by atoms with E-state index in [1.807, 2.05) is 13.0 Å². The first-order valence-corrected chi connectivity index (χ1v) is 3.50. The second-order valence-corrected chi connectivity index (χ2v) is 2.58. The van der Waals surface area contributed by atoms with Crippen molar-refractivity contribution in [2.75, 3.05) is 6.67 Å². The number of nitrogens with zero attached hydrogens (tertiary/aromatic N) is 1. The van der Waals surface area contributed by atoms with Crippen LogP contribution in [0.5, 0.6) is 0 Å². The summed E-state index contributed by atoms with van der Waals surface area (Å²) in [7, 11) is 0. The Kier molecular flexibility index (Phi) is 2.26. The second kappa shape index (κ2) is 3.19. The third-order valence-corrected chi connectivity index (χ3v) is 1.34. The maximum Gasteiger partial charge on any atom is 0.107 e. The molecule has 1 heterocycles. The van der Waals surface area contributed by atoms with Crippen molar-refractivity contribution in [2.45, 2.75) is 6.92 Å². The minimum Gasteiger partial charge on any atom is -0.366 e. The fourth-order valence-corrected chi connectivity index (χ4v) is 0.860. The molecule has 0 aliphatic carbocycles. The van der Waals surface area contributed by atoms with Crippen molar-refractivity contribution >= 4 is 6.21 Å². The molecule has 0 bridgehead atoms. The molecule has 0 aromatic rings. The highest BCUT2D eigenvalue weighted by atomic mass is 15.0. The first-order chi connectivity index (χ1) is 5.20. The van der Waals surface area contributed by atoms with Gasteiger partial charge in [0.25, 0.3) is 0 Å². The molecule has 2 nitrogen and oxygen atoms in total. The van der Waals surface area contributed by atoms with Gasteiger partial charge in [0.1, 0.15) is 6.67 Å². The molecule has 1 rings (SSSR count). The molecule has 0 unspecified atom stereocenters. The fraction of sp³-hybridized carbons (Fsp3) is 0.222. The summed E-state index contributed by atoms with van der Waals surface area (Å²) in [5.41, 5.74) is 2.95. The highest BCUT2D eigenvalue weighted by molar-refractivity contribution is 5.84. The van der Waals surface area contributed by atoms with Crippen LogP contribution in [0.4, 0.5) is 0 Å². The molecule has 0 spiro atoms. The lowest BCUT2D eigenvalue weighted by molar-refractivity contribution is 0.829. The average molecular weight is 148 g/mol. The molecule has 58 valence electrons. The summed E-state index contributed by atoms with van der Waals surface area (Å²) in [6, 6.07) is 0. The lowest BCUT2D eigenvalue weighted by atomic mass is 10.1. The third-order valence-electron chi connectivity index (χ3n) is 1.34. The van der Waals surface area contributed by atoms with Crippen LogP contribution >= 0.6 is 0 Å². The summed E-state index contributed by atoms with van der Waals surface area (Å²) in [4.78, 5) is 4.01. The van der Waals surface area contributed by atoms with Crippen LogP contribution in [0.15, 0.2) is 41.1 Å². The van der Waals surface area contributed by atoms with Crippen LogP contribution in [0.3, 0.4) is 0 Å². The van der Waals surface area contributed by atoms with E-state index in [9.17, 15) is 0 Å². The first-order valence-electron chi connectivity index (χ1n) is 3.50. The van der Waals surface area contributed by atoms with Gasteiger partial charge in [-0.05, 0) is 13.0 Å². The zero-order valence-electron chi connectivity index (χ0n) is 6.72. The topological polar surface area (TPSA) is 24.4 Å². The van der Waals surface area contributed by atoms with Gasteiger partial charge in [-0.25, -0.2) is 0 Å². The number of hydrogen-bond donors (Lipinski definition) is 1. The molecule has 0 aromatic carbocycles. The van der Waals surface area contributed by atoms with E-state index in [1.165, 1.54) is 0 Å². The molecule has 0 aromatic heterocycles. The van der Waals surface area contributed by atoms with Crippen molar-refractivity contribution in [3.05, 3.63) is 36.1 Å². The Hall–Kier alpha value is -1.31. The van der Waals surface area contributed by atoms with E-state index >= 15 is 0 Å². The van der Waals surface area contributed by atoms with E-state index in [0.717, 1.165) is 16.8 Å². The average Bonchev–Trinajstić information content (AvgIpc) is 1.93. The molecule has 0 amide bonds. The maximum atomic E-state index is 4.01. The number of hydrogen-bond acceptors (Lipinski definition) is 2. The van der Waals surface area contributed by atoms with Crippen molar-refractivity contribution in [1.29, 1.82) is 0 Å². The summed E-state index contributed by atoms with van der Waals surface area (Å²) in [5, 5.41) is 3.10. The molecule has 0 saturated heterocycles. The van der Waals surface area contributed by atoms with Gasteiger partial charge in [-0.2, -0.15) is 0 Å². The summed E-state index contributed by atoms with van der Waals surface area (Å²) in [6.45, 7) is 10.2. The first kappa shape index (κ1) is 7.79. The number of aliphatic imine (C=N–C) groups is 1. The van der Waals surface area contributed by atoms with Crippen LogP contribution in [0.25, 0.3) is 0 Å². The predicted octanol–water partition coefficient (Wildman–Crippen LogP) is 1.63. The summed E-state index contributed by atoms with van der Waals surface area (Å²) in [5.74, 6) is 0. The van der Waals surface area contributed by atoms with E-state index in [0.29, 0.717) is 6.67 Å². The summed E-state index contributed by atoms with van der Waals surface area (Å²) >= 11 is 0. The van der Waals surface area contributed by atoms with Gasteiger partial charge in [0, 0.05) is 17.5 Å². The SMILES string of the molecule is C=C(C)/C=C1/NCN=CC1=C. The number of rotatable bonds is 1. The second-order valence-electron chi connectivity index (χ2n) is 2.58. The van der Waals surface area contributed by atoms with Crippen molar-refractivity contribution in [1.82, 2.24) is 5.32 Å². The van der Waals surface area contributed by atoms with E-state index in [1.54, 1.807) is 6.21 Å². The Morgan fingerprint density at radius 3 is 3.09 bits per heavy atom. The van der Waals surface area contributed by atoms with Crippen LogP contribution in [0, 0.1) is 0 Å². The lowest BCUT2D eigenvalue weighted by Gasteiger charge is -2.13. The van der Waals surface area contributed by atoms with Crippen molar-refractivity contribution in [2.24, 2.45) is 4.99 Å². The normalized spacial score (nSPS) is 20.1. The molecule has 1 aliphatic rings. The molecule has 0 radical (unpaired) electrons. The maximum absolute atomic E-state index is 4.01. The minimum atomic E-state index is 0.637. The highest BCUT2D eigenvalue weighted by Crippen LogP contribution is 2.07. The highest BCUT2D eigenvalue weighted by Gasteiger charge is 2.02. The molecule has 0 fully saturated rings. The molecular weight excluding hydrogens is 136 g/mol. The van der Waals surface area contributed by atoms with Crippen molar-refractivity contribution in [3.8, 4) is 0 Å². The Balaban J connectivity index is 2.81. The zero-order valence-corrected chi connectivity index (χ0v) is 6.72. The Bertz CT molecular complexity index is 246. The van der Waals surface area contributed by atoms with Gasteiger partial charge in [-0.1, -0.05) is 18.7 Å². The van der Waals surface area contributed by atoms with Crippen LogP contribution in [-0.2, 0) is 0 Å². The number of allylic oxidation sites excluding steroid dienone is 3. The fourth-order valence-electron chi connectivity index (χ4n) is 0.860. The third kappa shape index (κ3) is 2.08. The van der Waals surface area contributed by atoms with E-state index in [2.05, 4.69) is 23.5 Å². The summed E-state index contributed by atoms with van der Waals surface area (Å²) in [6.07, 6.45) is 3.73. The Labute approximate surface area is 67.0 Å². The largest absolute Gasteiger partial charge is 0.366 e. The van der Waals surface area contributed by atoms with Crippen LogP contribution < -0.4 is 5.32 Å². The van der Waals surface area contributed by atoms with Gasteiger partial charge < -0.3 is 5.32 Å². The van der Waals surface area contributed by atoms with E-state index in [4.69, 9.17) is 0 Å². The van der Waals surface area contributed by atoms with Gasteiger partial charge in [0.05, 0.1) is 0 Å². The molecule has 0 atom stereocenters. The van der Waals surface area contributed by atoms with Crippen molar-refractivity contribution < 1.29 is 0 Å². The quantitative estimate of drug-likeness (QED) is 0.600. The van der Waals surface area contributed by atoms with Gasteiger partial charge in [0.2, 0.25) is 0 Å². The molecular formula is C9H12N2. The zero-order chi connectivity index (χ0) is 8.27. The van der Waals surface area contributed by atoms with Crippen LogP contribution in [-0.4, -0.2) is 12.9 Å². The Morgan fingerprint density at radius 2 is 2.55 bits per heavy atom. The van der Waals surface area contributed by atoms with Gasteiger partial charge >= 0.3 is 0 Å². The molecule has 2 heteroatoms. The van der Waals surface area contributed by atoms with Crippen LogP contribution in [0.2, 0.25) is 0 Å². The predicted molar refractivity (Wildman–Crippen MR) is 48.5 cm³/mol. The van der Waals surface area contributed by atoms with Crippen LogP contribution in [0.1, 0.15) is 6.92 Å². The number of nitrogens with one attached hydrogen (secondary N) is 1. The van der Waals surface area contributed by atoms with Gasteiger partial charge in [-0.3, -0.25) is 4.99 Å². The van der Waals surface area contributed by atoms with E-state index < -0.39 is 0 Å². The lowest BCUT2D eigenvalue weighted by Crippen LogP contribution is -2.19. The van der Waals surface area contributed by atoms with Gasteiger partial charge in [0.15, 0.2) is 0 Å². The molecule has 11 heavy (non-hydrogen) atoms. The smallest absolute Gasteiger partial charge is 0.107 e. The van der Waals surface area contributed by atoms with Crippen molar-refractivity contribution in [3.63, 3.8) is 0 Å². The molecule has 1 N–H and O–H groups in total.